The number of esters is 1. The lowest BCUT2D eigenvalue weighted by atomic mass is 9.77. The van der Waals surface area contributed by atoms with Crippen LogP contribution >= 0.6 is 0 Å². The van der Waals surface area contributed by atoms with Crippen LogP contribution in [0.2, 0.25) is 0 Å². The summed E-state index contributed by atoms with van der Waals surface area (Å²) in [5.41, 5.74) is -0.481. The Hall–Kier alpha value is -0.610. The molecule has 122 valence electrons. The molecule has 2 rings (SSSR count). The first kappa shape index (κ1) is 16.8. The molecule has 0 bridgehead atoms. The molecule has 0 aromatic rings. The van der Waals surface area contributed by atoms with Crippen molar-refractivity contribution in [3.63, 3.8) is 0 Å². The highest BCUT2D eigenvalue weighted by Gasteiger charge is 2.45. The molecule has 0 aromatic carbocycles. The molecule has 0 heterocycles. The van der Waals surface area contributed by atoms with Gasteiger partial charge in [-0.2, -0.15) is 0 Å². The van der Waals surface area contributed by atoms with Crippen LogP contribution < -0.4 is 5.32 Å². The third-order valence-corrected chi connectivity index (χ3v) is 4.82. The molecule has 0 aromatic heterocycles. The van der Waals surface area contributed by atoms with Gasteiger partial charge < -0.3 is 9.64 Å². The van der Waals surface area contributed by atoms with Gasteiger partial charge in [-0.3, -0.25) is 10.1 Å². The SMILES string of the molecule is CCOC(=O)C1(NC(C)C)CCCC(N(C)CC2CC2)C1. The summed E-state index contributed by atoms with van der Waals surface area (Å²) >= 11 is 0. The monoisotopic (exact) mass is 296 g/mol. The average molecular weight is 296 g/mol. The Labute approximate surface area is 129 Å². The molecule has 2 aliphatic rings. The Morgan fingerprint density at radius 3 is 2.67 bits per heavy atom. The van der Waals surface area contributed by atoms with Gasteiger partial charge >= 0.3 is 5.97 Å². The predicted octanol–water partition coefficient (Wildman–Crippen LogP) is 2.57. The number of carbonyl (C=O) groups is 1. The van der Waals surface area contributed by atoms with Gasteiger partial charge in [0.2, 0.25) is 0 Å². The highest BCUT2D eigenvalue weighted by molar-refractivity contribution is 5.81. The fourth-order valence-corrected chi connectivity index (χ4v) is 3.68. The molecule has 4 heteroatoms. The Balaban J connectivity index is 2.05. The van der Waals surface area contributed by atoms with Gasteiger partial charge in [-0.1, -0.05) is 0 Å². The summed E-state index contributed by atoms with van der Waals surface area (Å²) in [7, 11) is 2.22. The van der Waals surface area contributed by atoms with Crippen molar-refractivity contribution in [2.24, 2.45) is 5.92 Å². The molecule has 0 saturated heterocycles. The Morgan fingerprint density at radius 1 is 1.38 bits per heavy atom. The van der Waals surface area contributed by atoms with Crippen LogP contribution in [-0.2, 0) is 9.53 Å². The molecular weight excluding hydrogens is 264 g/mol. The highest BCUT2D eigenvalue weighted by Crippen LogP contribution is 2.35. The minimum absolute atomic E-state index is 0.0526. The molecule has 2 atom stereocenters. The van der Waals surface area contributed by atoms with E-state index in [-0.39, 0.29) is 5.97 Å². The maximum atomic E-state index is 12.6. The molecule has 0 amide bonds. The van der Waals surface area contributed by atoms with Crippen LogP contribution in [0.1, 0.15) is 59.3 Å². The van der Waals surface area contributed by atoms with E-state index in [2.05, 4.69) is 31.1 Å². The Morgan fingerprint density at radius 2 is 2.10 bits per heavy atom. The molecule has 0 aliphatic heterocycles. The smallest absolute Gasteiger partial charge is 0.326 e. The zero-order valence-corrected chi connectivity index (χ0v) is 14.2. The largest absolute Gasteiger partial charge is 0.465 e. The van der Waals surface area contributed by atoms with Crippen molar-refractivity contribution < 1.29 is 9.53 Å². The van der Waals surface area contributed by atoms with E-state index in [9.17, 15) is 4.79 Å². The van der Waals surface area contributed by atoms with Crippen LogP contribution in [0.4, 0.5) is 0 Å². The molecule has 1 N–H and O–H groups in total. The van der Waals surface area contributed by atoms with Crippen molar-refractivity contribution in [1.82, 2.24) is 10.2 Å². The second kappa shape index (κ2) is 7.10. The first-order valence-corrected chi connectivity index (χ1v) is 8.62. The van der Waals surface area contributed by atoms with E-state index in [0.717, 1.165) is 25.2 Å². The lowest BCUT2D eigenvalue weighted by Crippen LogP contribution is -2.60. The van der Waals surface area contributed by atoms with E-state index in [1.165, 1.54) is 25.8 Å². The highest BCUT2D eigenvalue weighted by atomic mass is 16.5. The second-order valence-corrected chi connectivity index (χ2v) is 7.23. The summed E-state index contributed by atoms with van der Waals surface area (Å²) in [6.07, 6.45) is 6.84. The van der Waals surface area contributed by atoms with Gasteiger partial charge in [-0.25, -0.2) is 0 Å². The third kappa shape index (κ3) is 4.43. The normalized spacial score (nSPS) is 29.9. The fraction of sp³-hybridized carbons (Fsp3) is 0.941. The second-order valence-electron chi connectivity index (χ2n) is 7.23. The lowest BCUT2D eigenvalue weighted by molar-refractivity contribution is -0.154. The average Bonchev–Trinajstić information content (AvgIpc) is 3.22. The third-order valence-electron chi connectivity index (χ3n) is 4.82. The van der Waals surface area contributed by atoms with E-state index in [1.54, 1.807) is 0 Å². The summed E-state index contributed by atoms with van der Waals surface area (Å²) in [4.78, 5) is 15.0. The van der Waals surface area contributed by atoms with Gasteiger partial charge in [0.1, 0.15) is 5.54 Å². The molecule has 2 fully saturated rings. The quantitative estimate of drug-likeness (QED) is 0.733. The van der Waals surface area contributed by atoms with E-state index in [1.807, 2.05) is 6.92 Å². The van der Waals surface area contributed by atoms with Crippen LogP contribution in [0.15, 0.2) is 0 Å². The van der Waals surface area contributed by atoms with E-state index in [0.29, 0.717) is 18.7 Å². The van der Waals surface area contributed by atoms with Crippen molar-refractivity contribution in [3.05, 3.63) is 0 Å². The number of rotatable bonds is 7. The number of carbonyl (C=O) groups excluding carboxylic acids is 1. The van der Waals surface area contributed by atoms with Crippen molar-refractivity contribution in [2.75, 3.05) is 20.2 Å². The number of hydrogen-bond acceptors (Lipinski definition) is 4. The van der Waals surface area contributed by atoms with Gasteiger partial charge in [0.25, 0.3) is 0 Å². The molecule has 2 aliphatic carbocycles. The van der Waals surface area contributed by atoms with E-state index in [4.69, 9.17) is 4.74 Å². The summed E-state index contributed by atoms with van der Waals surface area (Å²) in [5, 5.41) is 3.53. The molecular formula is C17H32N2O2. The van der Waals surface area contributed by atoms with Crippen LogP contribution in [0, 0.1) is 5.92 Å². The molecule has 21 heavy (non-hydrogen) atoms. The Kier molecular flexibility index (Phi) is 5.67. The van der Waals surface area contributed by atoms with Gasteiger partial charge in [-0.05, 0) is 72.3 Å². The van der Waals surface area contributed by atoms with E-state index < -0.39 is 5.54 Å². The molecule has 0 radical (unpaired) electrons. The maximum Gasteiger partial charge on any atom is 0.326 e. The van der Waals surface area contributed by atoms with Crippen molar-refractivity contribution in [1.29, 1.82) is 0 Å². The zero-order valence-electron chi connectivity index (χ0n) is 14.2. The van der Waals surface area contributed by atoms with Crippen LogP contribution in [0.25, 0.3) is 0 Å². The summed E-state index contributed by atoms with van der Waals surface area (Å²) in [5.74, 6) is 0.843. The first-order chi connectivity index (χ1) is 9.97. The van der Waals surface area contributed by atoms with Crippen LogP contribution in [0.3, 0.4) is 0 Å². The van der Waals surface area contributed by atoms with Gasteiger partial charge in [0, 0.05) is 18.6 Å². The minimum atomic E-state index is -0.481. The molecule has 4 nitrogen and oxygen atoms in total. The number of hydrogen-bond donors (Lipinski definition) is 1. The van der Waals surface area contributed by atoms with Gasteiger partial charge in [0.05, 0.1) is 6.61 Å². The van der Waals surface area contributed by atoms with Crippen LogP contribution in [-0.4, -0.2) is 48.7 Å². The summed E-state index contributed by atoms with van der Waals surface area (Å²) in [6.45, 7) is 7.76. The number of nitrogens with zero attached hydrogens (tertiary/aromatic N) is 1. The summed E-state index contributed by atoms with van der Waals surface area (Å²) < 4.78 is 5.39. The van der Waals surface area contributed by atoms with Crippen molar-refractivity contribution >= 4 is 5.97 Å². The molecule has 0 spiro atoms. The van der Waals surface area contributed by atoms with Crippen molar-refractivity contribution in [3.8, 4) is 0 Å². The molecule has 2 saturated carbocycles. The first-order valence-electron chi connectivity index (χ1n) is 8.62. The topological polar surface area (TPSA) is 41.6 Å². The predicted molar refractivity (Wildman–Crippen MR) is 85.2 cm³/mol. The summed E-state index contributed by atoms with van der Waals surface area (Å²) in [6, 6.07) is 0.789. The lowest BCUT2D eigenvalue weighted by Gasteiger charge is -2.43. The fourth-order valence-electron chi connectivity index (χ4n) is 3.68. The van der Waals surface area contributed by atoms with Gasteiger partial charge in [0.15, 0.2) is 0 Å². The molecule has 2 unspecified atom stereocenters. The maximum absolute atomic E-state index is 12.6. The van der Waals surface area contributed by atoms with E-state index >= 15 is 0 Å². The standard InChI is InChI=1S/C17H32N2O2/c1-5-21-16(20)17(18-13(2)3)10-6-7-15(11-17)19(4)12-14-8-9-14/h13-15,18H,5-12H2,1-4H3. The van der Waals surface area contributed by atoms with Gasteiger partial charge in [-0.15, -0.1) is 0 Å². The zero-order chi connectivity index (χ0) is 15.5. The Bertz CT molecular complexity index is 355. The number of nitrogens with one attached hydrogen (secondary N) is 1. The van der Waals surface area contributed by atoms with Crippen LogP contribution in [0.5, 0.6) is 0 Å². The van der Waals surface area contributed by atoms with Crippen molar-refractivity contribution in [2.45, 2.75) is 76.9 Å². The minimum Gasteiger partial charge on any atom is -0.465 e. The number of ether oxygens (including phenoxy) is 1.